The number of carbonyl (C=O) groups is 2. The molecule has 0 radical (unpaired) electrons. The van der Waals surface area contributed by atoms with Gasteiger partial charge in [0.05, 0.1) is 19.8 Å². The van der Waals surface area contributed by atoms with Crippen LogP contribution in [0.4, 0.5) is 0 Å². The van der Waals surface area contributed by atoms with Crippen molar-refractivity contribution in [1.82, 2.24) is 14.7 Å². The summed E-state index contributed by atoms with van der Waals surface area (Å²) in [5, 5.41) is 9.22. The first kappa shape index (κ1) is 16.2. The molecule has 2 aliphatic rings. The van der Waals surface area contributed by atoms with Crippen molar-refractivity contribution < 1.29 is 19.4 Å². The quantitative estimate of drug-likeness (QED) is 0.703. The van der Waals surface area contributed by atoms with Crippen molar-refractivity contribution in [2.24, 2.45) is 0 Å². The summed E-state index contributed by atoms with van der Waals surface area (Å²) in [6.45, 7) is 6.38. The summed E-state index contributed by atoms with van der Waals surface area (Å²) in [6, 6.07) is 0.126. The minimum atomic E-state index is -0.111. The molecule has 0 aromatic rings. The molecule has 1 unspecified atom stereocenters. The number of carbonyl (C=O) groups excluding carboxylic acids is 2. The molecule has 0 saturated carbocycles. The van der Waals surface area contributed by atoms with Crippen molar-refractivity contribution in [3.63, 3.8) is 0 Å². The van der Waals surface area contributed by atoms with Crippen LogP contribution < -0.4 is 0 Å². The molecule has 1 atom stereocenters. The molecule has 2 heterocycles. The van der Waals surface area contributed by atoms with E-state index in [4.69, 9.17) is 4.74 Å². The number of nitrogens with zero attached hydrogens (tertiary/aromatic N) is 3. The Bertz CT molecular complexity index is 377. The Balaban J connectivity index is 1.84. The smallest absolute Gasteiger partial charge is 0.249 e. The molecule has 2 amide bonds. The molecule has 7 heteroatoms. The van der Waals surface area contributed by atoms with Gasteiger partial charge >= 0.3 is 0 Å². The van der Waals surface area contributed by atoms with Crippen molar-refractivity contribution in [3.05, 3.63) is 0 Å². The van der Waals surface area contributed by atoms with Gasteiger partial charge in [-0.3, -0.25) is 14.5 Å². The molecule has 0 aromatic heterocycles. The van der Waals surface area contributed by atoms with Gasteiger partial charge in [-0.15, -0.1) is 0 Å². The normalized spacial score (nSPS) is 23.0. The van der Waals surface area contributed by atoms with Crippen LogP contribution in [-0.4, -0.2) is 96.8 Å². The number of amides is 2. The van der Waals surface area contributed by atoms with Gasteiger partial charge in [0.25, 0.3) is 0 Å². The molecule has 2 rings (SSSR count). The zero-order valence-corrected chi connectivity index (χ0v) is 12.7. The van der Waals surface area contributed by atoms with Crippen LogP contribution in [0.5, 0.6) is 0 Å². The third kappa shape index (κ3) is 4.39. The highest BCUT2D eigenvalue weighted by Crippen LogP contribution is 2.08. The second-order valence-corrected chi connectivity index (χ2v) is 5.67. The standard InChI is InChI=1S/C14H25N3O4/c1-12(10-18)15-3-2-4-16(6-5-15)13(19)9-17-7-8-21-11-14(17)20/h12,18H,2-11H2,1H3. The van der Waals surface area contributed by atoms with Gasteiger partial charge in [-0.1, -0.05) is 0 Å². The van der Waals surface area contributed by atoms with Crippen LogP contribution in [-0.2, 0) is 14.3 Å². The molecule has 2 aliphatic heterocycles. The molecule has 7 nitrogen and oxygen atoms in total. The molecule has 0 spiro atoms. The summed E-state index contributed by atoms with van der Waals surface area (Å²) in [7, 11) is 0. The number of hydrogen-bond donors (Lipinski definition) is 1. The van der Waals surface area contributed by atoms with E-state index in [1.54, 1.807) is 4.90 Å². The van der Waals surface area contributed by atoms with Gasteiger partial charge in [0.2, 0.25) is 11.8 Å². The summed E-state index contributed by atoms with van der Waals surface area (Å²) < 4.78 is 5.07. The van der Waals surface area contributed by atoms with Crippen LogP contribution in [0.25, 0.3) is 0 Å². The Kier molecular flexibility index (Phi) is 5.96. The summed E-state index contributed by atoms with van der Waals surface area (Å²) in [4.78, 5) is 29.6. The van der Waals surface area contributed by atoms with Gasteiger partial charge in [-0.25, -0.2) is 0 Å². The molecular formula is C14H25N3O4. The first-order valence-electron chi connectivity index (χ1n) is 7.60. The van der Waals surface area contributed by atoms with Crippen LogP contribution in [0, 0.1) is 0 Å². The highest BCUT2D eigenvalue weighted by molar-refractivity contribution is 5.85. The van der Waals surface area contributed by atoms with Crippen molar-refractivity contribution in [1.29, 1.82) is 0 Å². The summed E-state index contributed by atoms with van der Waals surface area (Å²) in [6.07, 6.45) is 0.896. The Hall–Kier alpha value is -1.18. The van der Waals surface area contributed by atoms with Gasteiger partial charge < -0.3 is 19.6 Å². The number of rotatable bonds is 4. The first-order chi connectivity index (χ1) is 10.1. The predicted molar refractivity (Wildman–Crippen MR) is 76.7 cm³/mol. The maximum atomic E-state index is 12.3. The summed E-state index contributed by atoms with van der Waals surface area (Å²) in [5.74, 6) is -0.108. The van der Waals surface area contributed by atoms with Gasteiger partial charge in [0.15, 0.2) is 0 Å². The molecule has 2 fully saturated rings. The van der Waals surface area contributed by atoms with E-state index in [1.807, 2.05) is 11.8 Å². The average Bonchev–Trinajstić information content (AvgIpc) is 2.75. The fraction of sp³-hybridized carbons (Fsp3) is 0.857. The van der Waals surface area contributed by atoms with E-state index in [-0.39, 0.29) is 37.6 Å². The molecule has 21 heavy (non-hydrogen) atoms. The zero-order chi connectivity index (χ0) is 15.2. The third-order valence-corrected chi connectivity index (χ3v) is 4.18. The van der Waals surface area contributed by atoms with E-state index in [1.165, 1.54) is 0 Å². The highest BCUT2D eigenvalue weighted by Gasteiger charge is 2.26. The summed E-state index contributed by atoms with van der Waals surface area (Å²) >= 11 is 0. The van der Waals surface area contributed by atoms with Crippen molar-refractivity contribution in [2.75, 3.05) is 59.1 Å². The van der Waals surface area contributed by atoms with Gasteiger partial charge in [-0.05, 0) is 13.3 Å². The Labute approximate surface area is 125 Å². The molecule has 0 bridgehead atoms. The lowest BCUT2D eigenvalue weighted by Gasteiger charge is -2.29. The lowest BCUT2D eigenvalue weighted by molar-refractivity contribution is -0.148. The minimum Gasteiger partial charge on any atom is -0.395 e. The molecular weight excluding hydrogens is 274 g/mol. The largest absolute Gasteiger partial charge is 0.395 e. The molecule has 120 valence electrons. The minimum absolute atomic E-state index is 0.00347. The van der Waals surface area contributed by atoms with Crippen LogP contribution in [0.2, 0.25) is 0 Å². The van der Waals surface area contributed by atoms with Crippen LogP contribution in [0.15, 0.2) is 0 Å². The molecule has 1 N–H and O–H groups in total. The summed E-state index contributed by atoms with van der Waals surface area (Å²) in [5.41, 5.74) is 0. The number of aliphatic hydroxyl groups excluding tert-OH is 1. The van der Waals surface area contributed by atoms with E-state index >= 15 is 0 Å². The molecule has 0 aromatic carbocycles. The second kappa shape index (κ2) is 7.72. The third-order valence-electron chi connectivity index (χ3n) is 4.18. The Morgan fingerprint density at radius 3 is 2.81 bits per heavy atom. The predicted octanol–water partition coefficient (Wildman–Crippen LogP) is -1.24. The SMILES string of the molecule is CC(CO)N1CCCN(C(=O)CN2CCOCC2=O)CC1. The number of aliphatic hydroxyl groups is 1. The van der Waals surface area contributed by atoms with Crippen molar-refractivity contribution >= 4 is 11.8 Å². The monoisotopic (exact) mass is 299 g/mol. The van der Waals surface area contributed by atoms with Crippen molar-refractivity contribution in [3.8, 4) is 0 Å². The zero-order valence-electron chi connectivity index (χ0n) is 12.7. The van der Waals surface area contributed by atoms with Gasteiger partial charge in [0, 0.05) is 38.8 Å². The Morgan fingerprint density at radius 1 is 1.29 bits per heavy atom. The fourth-order valence-corrected chi connectivity index (χ4v) is 2.72. The van der Waals surface area contributed by atoms with E-state index in [0.717, 1.165) is 19.5 Å². The van der Waals surface area contributed by atoms with E-state index < -0.39 is 0 Å². The van der Waals surface area contributed by atoms with E-state index in [9.17, 15) is 14.7 Å². The first-order valence-corrected chi connectivity index (χ1v) is 7.60. The number of hydrogen-bond acceptors (Lipinski definition) is 5. The number of ether oxygens (including phenoxy) is 1. The lowest BCUT2D eigenvalue weighted by Crippen LogP contribution is -2.48. The Morgan fingerprint density at radius 2 is 2.10 bits per heavy atom. The fourth-order valence-electron chi connectivity index (χ4n) is 2.72. The lowest BCUT2D eigenvalue weighted by atomic mass is 10.3. The average molecular weight is 299 g/mol. The molecule has 0 aliphatic carbocycles. The van der Waals surface area contributed by atoms with Gasteiger partial charge in [0.1, 0.15) is 6.61 Å². The van der Waals surface area contributed by atoms with Crippen molar-refractivity contribution in [2.45, 2.75) is 19.4 Å². The maximum Gasteiger partial charge on any atom is 0.249 e. The maximum absolute atomic E-state index is 12.3. The van der Waals surface area contributed by atoms with Crippen LogP contribution in [0.3, 0.4) is 0 Å². The topological polar surface area (TPSA) is 73.3 Å². The number of morpholine rings is 1. The van der Waals surface area contributed by atoms with Crippen LogP contribution in [0.1, 0.15) is 13.3 Å². The van der Waals surface area contributed by atoms with E-state index in [2.05, 4.69) is 4.90 Å². The second-order valence-electron chi connectivity index (χ2n) is 5.67. The van der Waals surface area contributed by atoms with Crippen LogP contribution >= 0.6 is 0 Å². The van der Waals surface area contributed by atoms with Gasteiger partial charge in [-0.2, -0.15) is 0 Å². The molecule has 2 saturated heterocycles. The van der Waals surface area contributed by atoms with E-state index in [0.29, 0.717) is 26.2 Å². The highest BCUT2D eigenvalue weighted by atomic mass is 16.5.